The Morgan fingerprint density at radius 3 is 2.59 bits per heavy atom. The Morgan fingerprint density at radius 2 is 1.89 bits per heavy atom. The number of hydrogen-bond donors (Lipinski definition) is 2. The van der Waals surface area contributed by atoms with Crippen LogP contribution in [-0.2, 0) is 0 Å². The van der Waals surface area contributed by atoms with Crippen LogP contribution in [0.1, 0.15) is 17.2 Å². The molecule has 0 amide bonds. The lowest BCUT2D eigenvalue weighted by Gasteiger charge is -2.20. The molecule has 0 saturated heterocycles. The molecule has 0 bridgehead atoms. The summed E-state index contributed by atoms with van der Waals surface area (Å²) in [6, 6.07) is 14.2. The lowest BCUT2D eigenvalue weighted by Crippen LogP contribution is -2.10. The maximum Gasteiger partial charge on any atom is 0.0954 e. The van der Waals surface area contributed by atoms with Crippen molar-refractivity contribution in [1.29, 1.82) is 0 Å². The summed E-state index contributed by atoms with van der Waals surface area (Å²) in [7, 11) is 0. The zero-order chi connectivity index (χ0) is 18.5. The highest BCUT2D eigenvalue weighted by molar-refractivity contribution is 6.30. The predicted molar refractivity (Wildman–Crippen MR) is 106 cm³/mol. The van der Waals surface area contributed by atoms with Crippen molar-refractivity contribution in [3.63, 3.8) is 0 Å². The Hall–Kier alpha value is -3.38. The molecule has 0 aliphatic rings. The molecule has 1 atom stereocenters. The van der Waals surface area contributed by atoms with E-state index in [0.717, 1.165) is 27.2 Å². The fraction of sp³-hybridized carbons (Fsp3) is 0.0500. The number of H-pyrrole nitrogens is 2. The number of imidazole rings is 3. The highest BCUT2D eigenvalue weighted by Crippen LogP contribution is 2.29. The minimum atomic E-state index is 0.0221. The zero-order valence-corrected chi connectivity index (χ0v) is 15.1. The van der Waals surface area contributed by atoms with Gasteiger partial charge in [0.15, 0.2) is 0 Å². The van der Waals surface area contributed by atoms with E-state index in [0.29, 0.717) is 0 Å². The van der Waals surface area contributed by atoms with Gasteiger partial charge in [-0.25, -0.2) is 15.0 Å². The van der Waals surface area contributed by atoms with Crippen LogP contribution in [0.5, 0.6) is 0 Å². The smallest absolute Gasteiger partial charge is 0.0954 e. The van der Waals surface area contributed by atoms with Crippen molar-refractivity contribution in [2.45, 2.75) is 6.04 Å². The van der Waals surface area contributed by atoms with E-state index in [1.54, 1.807) is 31.2 Å². The summed E-state index contributed by atoms with van der Waals surface area (Å²) in [5.74, 6) is 0. The first-order chi connectivity index (χ1) is 13.3. The summed E-state index contributed by atoms with van der Waals surface area (Å²) >= 11 is 6.17. The molecule has 3 heterocycles. The largest absolute Gasteiger partial charge is 0.351 e. The van der Waals surface area contributed by atoms with E-state index in [1.165, 1.54) is 0 Å². The highest BCUT2D eigenvalue weighted by Gasteiger charge is 2.17. The summed E-state index contributed by atoms with van der Waals surface area (Å²) in [6.07, 6.45) is 12.4. The number of nitrogens with one attached hydrogen (secondary N) is 2. The van der Waals surface area contributed by atoms with Crippen molar-refractivity contribution in [3.8, 4) is 0 Å². The van der Waals surface area contributed by atoms with Gasteiger partial charge in [0.05, 0.1) is 36.1 Å². The van der Waals surface area contributed by atoms with Gasteiger partial charge in [-0.15, -0.1) is 0 Å². The Bertz CT molecular complexity index is 1080. The van der Waals surface area contributed by atoms with E-state index in [9.17, 15) is 0 Å². The SMILES string of the molecule is Clc1cccc(C(c2ccc3nc[nH]c3c2)n2ccnc2)c1.c1c[nH]cn1. The van der Waals surface area contributed by atoms with Crippen LogP contribution < -0.4 is 0 Å². The van der Waals surface area contributed by atoms with Gasteiger partial charge in [0.2, 0.25) is 0 Å². The number of hydrogen-bond acceptors (Lipinski definition) is 3. The minimum absolute atomic E-state index is 0.0221. The number of fused-ring (bicyclic) bond motifs is 1. The van der Waals surface area contributed by atoms with E-state index in [1.807, 2.05) is 36.8 Å². The van der Waals surface area contributed by atoms with E-state index in [-0.39, 0.29) is 6.04 Å². The van der Waals surface area contributed by atoms with Crippen molar-refractivity contribution in [2.75, 3.05) is 0 Å². The molecule has 1 unspecified atom stereocenters. The van der Waals surface area contributed by atoms with Gasteiger partial charge < -0.3 is 14.5 Å². The summed E-state index contributed by atoms with van der Waals surface area (Å²) in [4.78, 5) is 18.0. The number of benzene rings is 2. The molecule has 2 aromatic carbocycles. The third-order valence-corrected chi connectivity index (χ3v) is 4.39. The molecular formula is C20H17ClN6. The van der Waals surface area contributed by atoms with Gasteiger partial charge in [-0.1, -0.05) is 29.8 Å². The van der Waals surface area contributed by atoms with Gasteiger partial charge in [-0.05, 0) is 35.4 Å². The first-order valence-electron chi connectivity index (χ1n) is 8.40. The third kappa shape index (κ3) is 3.91. The van der Waals surface area contributed by atoms with Gasteiger partial charge in [-0.2, -0.15) is 0 Å². The minimum Gasteiger partial charge on any atom is -0.351 e. The number of halogens is 1. The molecule has 134 valence electrons. The van der Waals surface area contributed by atoms with Crippen molar-refractivity contribution >= 4 is 22.6 Å². The molecule has 0 aliphatic heterocycles. The van der Waals surface area contributed by atoms with Crippen LogP contribution in [0.4, 0.5) is 0 Å². The third-order valence-electron chi connectivity index (χ3n) is 4.15. The Kier molecular flexibility index (Phi) is 4.98. The number of rotatable bonds is 3. The molecule has 27 heavy (non-hydrogen) atoms. The molecule has 3 aromatic heterocycles. The quantitative estimate of drug-likeness (QED) is 0.488. The van der Waals surface area contributed by atoms with Crippen molar-refractivity contribution in [3.05, 3.63) is 102 Å². The average molecular weight is 377 g/mol. The van der Waals surface area contributed by atoms with E-state index in [2.05, 4.69) is 47.7 Å². The maximum atomic E-state index is 6.17. The van der Waals surface area contributed by atoms with Crippen LogP contribution in [0.25, 0.3) is 11.0 Å². The standard InChI is InChI=1S/C17H13ClN4.C3H4N2/c18-14-3-1-2-12(8-14)17(22-7-6-19-11-22)13-4-5-15-16(9-13)21-10-20-15;1-2-5-3-4-1/h1-11,17H,(H,20,21);1-3H,(H,4,5). The monoisotopic (exact) mass is 376 g/mol. The zero-order valence-electron chi connectivity index (χ0n) is 14.3. The average Bonchev–Trinajstić information content (AvgIpc) is 3.45. The predicted octanol–water partition coefficient (Wildman–Crippen LogP) is 4.46. The van der Waals surface area contributed by atoms with Gasteiger partial charge >= 0.3 is 0 Å². The second-order valence-corrected chi connectivity index (χ2v) is 6.34. The lowest BCUT2D eigenvalue weighted by atomic mass is 9.98. The first-order valence-corrected chi connectivity index (χ1v) is 8.78. The van der Waals surface area contributed by atoms with Crippen LogP contribution >= 0.6 is 11.6 Å². The normalized spacial score (nSPS) is 11.7. The fourth-order valence-electron chi connectivity index (χ4n) is 2.97. The molecule has 0 fully saturated rings. The van der Waals surface area contributed by atoms with Gasteiger partial charge in [0, 0.05) is 29.8 Å². The molecule has 0 saturated carbocycles. The van der Waals surface area contributed by atoms with Crippen LogP contribution in [0.2, 0.25) is 5.02 Å². The molecular weight excluding hydrogens is 360 g/mol. The van der Waals surface area contributed by atoms with Crippen molar-refractivity contribution < 1.29 is 0 Å². The molecule has 2 N–H and O–H groups in total. The molecule has 5 aromatic rings. The van der Waals surface area contributed by atoms with E-state index in [4.69, 9.17) is 11.6 Å². The number of aromatic nitrogens is 6. The van der Waals surface area contributed by atoms with Crippen LogP contribution in [0.15, 0.2) is 86.2 Å². The Labute approximate surface area is 160 Å². The summed E-state index contributed by atoms with van der Waals surface area (Å²) < 4.78 is 2.07. The van der Waals surface area contributed by atoms with Gasteiger partial charge in [0.25, 0.3) is 0 Å². The molecule has 5 rings (SSSR count). The van der Waals surface area contributed by atoms with E-state index < -0.39 is 0 Å². The van der Waals surface area contributed by atoms with Gasteiger partial charge in [-0.3, -0.25) is 0 Å². The second-order valence-electron chi connectivity index (χ2n) is 5.91. The Balaban J connectivity index is 0.000000314. The molecule has 0 radical (unpaired) electrons. The van der Waals surface area contributed by atoms with Crippen LogP contribution in [-0.4, -0.2) is 29.5 Å². The van der Waals surface area contributed by atoms with E-state index >= 15 is 0 Å². The molecule has 6 nitrogen and oxygen atoms in total. The van der Waals surface area contributed by atoms with Gasteiger partial charge in [0.1, 0.15) is 0 Å². The molecule has 0 spiro atoms. The van der Waals surface area contributed by atoms with Crippen molar-refractivity contribution in [1.82, 2.24) is 29.5 Å². The first kappa shape index (κ1) is 17.1. The van der Waals surface area contributed by atoms with Crippen molar-refractivity contribution in [2.24, 2.45) is 0 Å². The summed E-state index contributed by atoms with van der Waals surface area (Å²) in [5.41, 5.74) is 4.24. The lowest BCUT2D eigenvalue weighted by molar-refractivity contribution is 0.677. The number of aromatic amines is 2. The Morgan fingerprint density at radius 1 is 0.963 bits per heavy atom. The fourth-order valence-corrected chi connectivity index (χ4v) is 3.17. The number of nitrogens with zero attached hydrogens (tertiary/aromatic N) is 4. The molecule has 7 heteroatoms. The summed E-state index contributed by atoms with van der Waals surface area (Å²) in [6.45, 7) is 0. The highest BCUT2D eigenvalue weighted by atomic mass is 35.5. The van der Waals surface area contributed by atoms with Crippen LogP contribution in [0.3, 0.4) is 0 Å². The molecule has 0 aliphatic carbocycles. The van der Waals surface area contributed by atoms with Crippen LogP contribution in [0, 0.1) is 0 Å². The maximum absolute atomic E-state index is 6.17. The summed E-state index contributed by atoms with van der Waals surface area (Å²) in [5, 5.41) is 0.727. The topological polar surface area (TPSA) is 75.2 Å². The second kappa shape index (κ2) is 7.88.